The number of ketones is 1. The van der Waals surface area contributed by atoms with Crippen molar-refractivity contribution in [3.63, 3.8) is 0 Å². The smallest absolute Gasteiger partial charge is 0.164 e. The van der Waals surface area contributed by atoms with Gasteiger partial charge in [-0.1, -0.05) is 13.8 Å². The largest absolute Gasteiger partial charge is 0.348 e. The molecule has 0 spiro atoms. The average Bonchev–Trinajstić information content (AvgIpc) is 2.56. The number of fused-ring (bicyclic) bond motifs is 1. The highest BCUT2D eigenvalue weighted by Crippen LogP contribution is 2.28. The summed E-state index contributed by atoms with van der Waals surface area (Å²) in [7, 11) is 4.23. The molecule has 1 aliphatic carbocycles. The van der Waals surface area contributed by atoms with E-state index in [4.69, 9.17) is 0 Å². The number of nitrogens with zero attached hydrogens (tertiary/aromatic N) is 2. The number of Topliss-reactive ketones (excluding diaryl/α,β-unsaturated/α-hetero) is 1. The Morgan fingerprint density at radius 3 is 2.63 bits per heavy atom. The average molecular weight is 262 g/mol. The van der Waals surface area contributed by atoms with Crippen molar-refractivity contribution in [2.45, 2.75) is 46.6 Å². The van der Waals surface area contributed by atoms with E-state index < -0.39 is 0 Å². The van der Waals surface area contributed by atoms with Crippen molar-refractivity contribution in [1.29, 1.82) is 0 Å². The molecule has 1 aromatic heterocycles. The molecule has 0 bridgehead atoms. The van der Waals surface area contributed by atoms with Crippen LogP contribution in [-0.2, 0) is 13.0 Å². The van der Waals surface area contributed by atoms with Crippen molar-refractivity contribution in [3.05, 3.63) is 23.0 Å². The molecule has 0 saturated carbocycles. The van der Waals surface area contributed by atoms with Crippen LogP contribution in [0.5, 0.6) is 0 Å². The van der Waals surface area contributed by atoms with Crippen LogP contribution in [-0.4, -0.2) is 35.9 Å². The Kier molecular flexibility index (Phi) is 3.86. The maximum Gasteiger partial charge on any atom is 0.164 e. The predicted molar refractivity (Wildman–Crippen MR) is 78.8 cm³/mol. The molecule has 0 aromatic carbocycles. The first-order chi connectivity index (χ1) is 8.80. The van der Waals surface area contributed by atoms with E-state index in [1.54, 1.807) is 0 Å². The van der Waals surface area contributed by atoms with E-state index in [0.29, 0.717) is 5.78 Å². The highest BCUT2D eigenvalue weighted by atomic mass is 16.1. The summed E-state index contributed by atoms with van der Waals surface area (Å²) in [6, 6.07) is 2.09. The number of rotatable bonds is 4. The Morgan fingerprint density at radius 1 is 1.32 bits per heavy atom. The molecular formula is C16H26N2O. The molecule has 3 heteroatoms. The molecule has 0 unspecified atom stereocenters. The summed E-state index contributed by atoms with van der Waals surface area (Å²) >= 11 is 0. The fourth-order valence-corrected chi connectivity index (χ4v) is 3.34. The number of hydrogen-bond acceptors (Lipinski definition) is 2. The molecule has 106 valence electrons. The van der Waals surface area contributed by atoms with Crippen molar-refractivity contribution in [3.8, 4) is 0 Å². The first-order valence-electron chi connectivity index (χ1n) is 7.17. The molecule has 1 aliphatic rings. The van der Waals surface area contributed by atoms with Gasteiger partial charge in [0.15, 0.2) is 5.78 Å². The van der Waals surface area contributed by atoms with Gasteiger partial charge in [-0.05, 0) is 45.3 Å². The molecule has 3 nitrogen and oxygen atoms in total. The minimum Gasteiger partial charge on any atom is -0.348 e. The standard InChI is InChI=1S/C16H26N2O/c1-12-9-13-14(7-6-8-15(13)19)18(12)11-16(2,3)10-17(4)5/h9H,6-8,10-11H2,1-5H3. The van der Waals surface area contributed by atoms with Crippen molar-refractivity contribution in [2.24, 2.45) is 5.41 Å². The molecule has 19 heavy (non-hydrogen) atoms. The summed E-state index contributed by atoms with van der Waals surface area (Å²) in [4.78, 5) is 14.2. The second-order valence-electron chi connectivity index (χ2n) is 6.91. The van der Waals surface area contributed by atoms with Crippen LogP contribution in [0.4, 0.5) is 0 Å². The van der Waals surface area contributed by atoms with Crippen LogP contribution in [0.3, 0.4) is 0 Å². The van der Waals surface area contributed by atoms with Gasteiger partial charge in [-0.2, -0.15) is 0 Å². The number of aromatic nitrogens is 1. The second-order valence-corrected chi connectivity index (χ2v) is 6.91. The molecule has 0 amide bonds. The lowest BCUT2D eigenvalue weighted by atomic mass is 9.91. The highest BCUT2D eigenvalue weighted by molar-refractivity contribution is 5.98. The molecule has 1 aromatic rings. The van der Waals surface area contributed by atoms with Gasteiger partial charge in [0, 0.05) is 36.5 Å². The van der Waals surface area contributed by atoms with Crippen LogP contribution in [0.15, 0.2) is 6.07 Å². The van der Waals surface area contributed by atoms with E-state index in [1.807, 2.05) is 0 Å². The Bertz CT molecular complexity index is 483. The third-order valence-electron chi connectivity index (χ3n) is 3.86. The number of aryl methyl sites for hydroxylation is 1. The first-order valence-corrected chi connectivity index (χ1v) is 7.17. The Balaban J connectivity index is 2.28. The zero-order valence-electron chi connectivity index (χ0n) is 12.9. The summed E-state index contributed by atoms with van der Waals surface area (Å²) in [6.07, 6.45) is 2.77. The van der Waals surface area contributed by atoms with Crippen molar-refractivity contribution in [2.75, 3.05) is 20.6 Å². The van der Waals surface area contributed by atoms with Gasteiger partial charge in [0.25, 0.3) is 0 Å². The van der Waals surface area contributed by atoms with Crippen molar-refractivity contribution < 1.29 is 4.79 Å². The third-order valence-corrected chi connectivity index (χ3v) is 3.86. The minimum atomic E-state index is 0.210. The lowest BCUT2D eigenvalue weighted by Gasteiger charge is -2.30. The SMILES string of the molecule is Cc1cc2c(n1CC(C)(C)CN(C)C)CCCC2=O. The Labute approximate surface area is 116 Å². The normalized spacial score (nSPS) is 16.0. The van der Waals surface area contributed by atoms with E-state index in [-0.39, 0.29) is 5.41 Å². The minimum absolute atomic E-state index is 0.210. The maximum atomic E-state index is 12.0. The first kappa shape index (κ1) is 14.3. The van der Waals surface area contributed by atoms with Crippen molar-refractivity contribution >= 4 is 5.78 Å². The molecule has 0 saturated heterocycles. The lowest BCUT2D eigenvalue weighted by Crippen LogP contribution is -2.33. The van der Waals surface area contributed by atoms with Gasteiger partial charge in [-0.15, -0.1) is 0 Å². The maximum absolute atomic E-state index is 12.0. The van der Waals surface area contributed by atoms with E-state index in [2.05, 4.69) is 50.4 Å². The van der Waals surface area contributed by atoms with Crippen LogP contribution >= 0.6 is 0 Å². The Hall–Kier alpha value is -1.09. The van der Waals surface area contributed by atoms with E-state index in [9.17, 15) is 4.79 Å². The Morgan fingerprint density at radius 2 is 2.00 bits per heavy atom. The van der Waals surface area contributed by atoms with E-state index >= 15 is 0 Å². The molecule has 1 heterocycles. The zero-order chi connectivity index (χ0) is 14.2. The van der Waals surface area contributed by atoms with Crippen molar-refractivity contribution in [1.82, 2.24) is 9.47 Å². The van der Waals surface area contributed by atoms with Gasteiger partial charge in [0.2, 0.25) is 0 Å². The molecule has 0 atom stereocenters. The molecule has 2 rings (SSSR count). The van der Waals surface area contributed by atoms with Crippen LogP contribution in [0, 0.1) is 12.3 Å². The summed E-state index contributed by atoms with van der Waals surface area (Å²) in [5.74, 6) is 0.327. The molecule has 0 radical (unpaired) electrons. The van der Waals surface area contributed by atoms with Gasteiger partial charge >= 0.3 is 0 Å². The summed E-state index contributed by atoms with van der Waals surface area (Å²) in [6.45, 7) is 8.75. The van der Waals surface area contributed by atoms with Crippen LogP contribution < -0.4 is 0 Å². The molecule has 0 N–H and O–H groups in total. The fraction of sp³-hybridized carbons (Fsp3) is 0.688. The summed E-state index contributed by atoms with van der Waals surface area (Å²) in [5.41, 5.74) is 3.68. The van der Waals surface area contributed by atoms with Crippen LogP contribution in [0.25, 0.3) is 0 Å². The fourth-order valence-electron chi connectivity index (χ4n) is 3.34. The number of carbonyl (C=O) groups excluding carboxylic acids is 1. The molecular weight excluding hydrogens is 236 g/mol. The monoisotopic (exact) mass is 262 g/mol. The van der Waals surface area contributed by atoms with Crippen LogP contribution in [0.1, 0.15) is 48.4 Å². The van der Waals surface area contributed by atoms with E-state index in [0.717, 1.165) is 37.9 Å². The number of hydrogen-bond donors (Lipinski definition) is 0. The van der Waals surface area contributed by atoms with Gasteiger partial charge in [-0.3, -0.25) is 4.79 Å². The van der Waals surface area contributed by atoms with Gasteiger partial charge in [0.1, 0.15) is 0 Å². The van der Waals surface area contributed by atoms with Gasteiger partial charge < -0.3 is 9.47 Å². The zero-order valence-corrected chi connectivity index (χ0v) is 12.9. The predicted octanol–water partition coefficient (Wildman–Crippen LogP) is 2.90. The number of carbonyl (C=O) groups is 1. The molecule has 0 aliphatic heterocycles. The van der Waals surface area contributed by atoms with Gasteiger partial charge in [0.05, 0.1) is 0 Å². The summed E-state index contributed by atoms with van der Waals surface area (Å²) < 4.78 is 2.37. The topological polar surface area (TPSA) is 25.2 Å². The summed E-state index contributed by atoms with van der Waals surface area (Å²) in [5, 5.41) is 0. The van der Waals surface area contributed by atoms with Crippen LogP contribution in [0.2, 0.25) is 0 Å². The van der Waals surface area contributed by atoms with Gasteiger partial charge in [-0.25, -0.2) is 0 Å². The quantitative estimate of drug-likeness (QED) is 0.833. The lowest BCUT2D eigenvalue weighted by molar-refractivity contribution is 0.0971. The highest BCUT2D eigenvalue weighted by Gasteiger charge is 2.26. The second kappa shape index (κ2) is 5.12. The van der Waals surface area contributed by atoms with E-state index in [1.165, 1.54) is 11.4 Å². The third kappa shape index (κ3) is 3.08. The molecule has 0 fully saturated rings.